The van der Waals surface area contributed by atoms with Gasteiger partial charge in [0, 0.05) is 153 Å². The Kier molecular flexibility index (Phi) is 22.5. The second-order valence-corrected chi connectivity index (χ2v) is 38.2. The highest BCUT2D eigenvalue weighted by atomic mass is 32.1. The van der Waals surface area contributed by atoms with Gasteiger partial charge in [0.15, 0.2) is 28.9 Å². The number of hydrogen-bond acceptors (Lipinski definition) is 21. The average molecular weight is 1960 g/mol. The van der Waals surface area contributed by atoms with Crippen LogP contribution >= 0.6 is 22.7 Å². The fraction of sp³-hybridized carbons (Fsp3) is 0.0407. The Labute approximate surface area is 851 Å². The molecule has 148 heavy (non-hydrogen) atoms. The number of para-hydroxylation sites is 4. The van der Waals surface area contributed by atoms with Gasteiger partial charge in [-0.1, -0.05) is 176 Å². The van der Waals surface area contributed by atoms with Gasteiger partial charge < -0.3 is 4.42 Å². The fourth-order valence-corrected chi connectivity index (χ4v) is 22.4. The molecule has 13 heterocycles. The Morgan fingerprint density at radius 2 is 0.858 bits per heavy atom. The van der Waals surface area contributed by atoms with Crippen LogP contribution in [0.25, 0.3) is 194 Å². The highest BCUT2D eigenvalue weighted by Gasteiger charge is 2.43. The molecule has 0 N–H and O–H groups in total. The normalized spacial score (nSPS) is 16.2. The van der Waals surface area contributed by atoms with Gasteiger partial charge in [0.1, 0.15) is 21.2 Å². The van der Waals surface area contributed by atoms with Crippen molar-refractivity contribution in [1.29, 1.82) is 5.26 Å². The second kappa shape index (κ2) is 37.5. The molecule has 25 heteroatoms. The molecule has 21 aromatic rings. The van der Waals surface area contributed by atoms with Crippen LogP contribution in [-0.4, -0.2) is 89.3 Å². The molecule has 0 saturated carbocycles. The lowest BCUT2D eigenvalue weighted by Crippen LogP contribution is -2.29. The monoisotopic (exact) mass is 1950 g/mol. The fourth-order valence-electron chi connectivity index (χ4n) is 20.4. The predicted molar refractivity (Wildman–Crippen MR) is 576 cm³/mol. The molecule has 0 bridgehead atoms. The standard InChI is InChI=1S/C35H21N3S.C34H21N7.C34H22N2S.C20H10F3N7O/c36-19-21-9-12-31-32(14-21)39-35(38-31)28-16-26(25-7-3-13-37-20-25)15-27(17-28)30-18-24-6-1-4-22-10-11-23-5-2-8-29(30)34(23)33(22)24;1-2-11-24(12-3-1)41-30-15-5-4-14-27(30)40-34(41)29-20-28(38-33(39-29)23-10-6-16-35-21-23)26-19-22-9-7-17-36-31(22)32-25(26)13-8-18-37-32;1-2-12-31-30(11-1)36-34(37-31)27-17-25(24-9-5-15-35-20-24)16-26(18-27)29-19-23-8-3-6-21-13-14-22-7-4-10-28(29)33(22)32(21)23;21-20(22,23)12-4-5-13-14(9-12)31-19(27-13)18-29-15(11-3-1-6-24-10-11)28-17(30-18)16-25-7-2-8-26-16/h1-18,20,33-34H;1-21H;1-20,32-33H;1-10H. The molecule has 0 radical (unpaired) electrons. The molecule has 20 nitrogen and oxygen atoms in total. The van der Waals surface area contributed by atoms with Crippen molar-refractivity contribution in [1.82, 2.24) is 89.3 Å². The molecule has 13 aromatic heterocycles. The molecule has 0 fully saturated rings. The topological polar surface area (TPSA) is 261 Å². The van der Waals surface area contributed by atoms with Crippen LogP contribution in [0.3, 0.4) is 0 Å². The van der Waals surface area contributed by atoms with E-state index in [4.69, 9.17) is 34.3 Å². The Morgan fingerprint density at radius 1 is 0.345 bits per heavy atom. The first-order valence-corrected chi connectivity index (χ1v) is 49.5. The summed E-state index contributed by atoms with van der Waals surface area (Å²) in [7, 11) is 0. The summed E-state index contributed by atoms with van der Waals surface area (Å²) in [5.74, 6) is 3.38. The van der Waals surface area contributed by atoms with Crippen LogP contribution in [0.1, 0.15) is 22.3 Å². The molecule has 0 spiro atoms. The zero-order valence-electron chi connectivity index (χ0n) is 78.1. The van der Waals surface area contributed by atoms with Gasteiger partial charge in [0.25, 0.3) is 5.89 Å². The van der Waals surface area contributed by atoms with Crippen molar-refractivity contribution >= 4 is 98.2 Å². The van der Waals surface area contributed by atoms with E-state index in [9.17, 15) is 18.4 Å². The molecular weight excluding hydrogens is 1880 g/mol. The van der Waals surface area contributed by atoms with Crippen LogP contribution in [-0.2, 0) is 6.18 Å². The molecule has 29 rings (SSSR count). The van der Waals surface area contributed by atoms with Gasteiger partial charge in [-0.25, -0.2) is 54.8 Å². The molecule has 0 amide bonds. The molecule has 8 aliphatic rings. The minimum atomic E-state index is -4.50. The maximum atomic E-state index is 13.0. The van der Waals surface area contributed by atoms with E-state index in [0.29, 0.717) is 46.3 Å². The maximum Gasteiger partial charge on any atom is 0.416 e. The van der Waals surface area contributed by atoms with E-state index in [1.165, 1.54) is 90.0 Å². The smallest absolute Gasteiger partial charge is 0.416 e. The van der Waals surface area contributed by atoms with Crippen molar-refractivity contribution in [2.24, 2.45) is 23.7 Å². The van der Waals surface area contributed by atoms with Gasteiger partial charge in [-0.3, -0.25) is 34.5 Å². The van der Waals surface area contributed by atoms with Crippen LogP contribution in [0, 0.1) is 35.0 Å². The van der Waals surface area contributed by atoms with E-state index in [2.05, 4.69) is 284 Å². The van der Waals surface area contributed by atoms with E-state index in [-0.39, 0.29) is 40.3 Å². The zero-order valence-corrected chi connectivity index (χ0v) is 79.7. The Balaban J connectivity index is 0.000000100. The molecule has 4 atom stereocenters. The summed E-state index contributed by atoms with van der Waals surface area (Å²) in [4.78, 5) is 77.3. The third-order valence-electron chi connectivity index (χ3n) is 27.2. The van der Waals surface area contributed by atoms with E-state index < -0.39 is 11.7 Å². The summed E-state index contributed by atoms with van der Waals surface area (Å²) < 4.78 is 49.0. The number of nitriles is 1. The van der Waals surface area contributed by atoms with E-state index in [0.717, 1.165) is 132 Å². The number of pyridine rings is 6. The van der Waals surface area contributed by atoms with Gasteiger partial charge in [-0.15, -0.1) is 22.7 Å². The van der Waals surface area contributed by atoms with E-state index in [1.807, 2.05) is 122 Å². The quantitative estimate of drug-likeness (QED) is 0.0971. The third kappa shape index (κ3) is 16.9. The third-order valence-corrected chi connectivity index (χ3v) is 29.3. The number of hydrogen-bond donors (Lipinski definition) is 0. The molecule has 700 valence electrons. The minimum absolute atomic E-state index is 0.0288. The van der Waals surface area contributed by atoms with Crippen molar-refractivity contribution in [2.45, 2.75) is 6.18 Å². The van der Waals surface area contributed by atoms with E-state index >= 15 is 0 Å². The molecule has 8 aromatic carbocycles. The Bertz CT molecular complexity index is 9470. The number of benzene rings is 8. The first-order valence-electron chi connectivity index (χ1n) is 47.8. The first kappa shape index (κ1) is 88.9. The highest BCUT2D eigenvalue weighted by molar-refractivity contribution is 7.22. The molecule has 0 aliphatic heterocycles. The van der Waals surface area contributed by atoms with Crippen LogP contribution in [0.2, 0.25) is 0 Å². The Hall–Kier alpha value is -19.3. The maximum absolute atomic E-state index is 13.0. The van der Waals surface area contributed by atoms with Crippen molar-refractivity contribution < 1.29 is 17.6 Å². The van der Waals surface area contributed by atoms with Crippen molar-refractivity contribution in [3.05, 3.63) is 493 Å². The number of allylic oxidation sites excluding steroid dienone is 28. The summed E-state index contributed by atoms with van der Waals surface area (Å²) >= 11 is 3.38. The number of rotatable bonds is 13. The lowest BCUT2D eigenvalue weighted by atomic mass is 9.62. The summed E-state index contributed by atoms with van der Waals surface area (Å²) in [5.41, 5.74) is 33.1. The largest absolute Gasteiger partial charge is 0.434 e. The lowest BCUT2D eigenvalue weighted by Gasteiger charge is -2.41. The number of fused-ring (bicyclic) bond motifs is 7. The number of imidazole rings is 1. The van der Waals surface area contributed by atoms with Gasteiger partial charge in [-0.2, -0.15) is 18.4 Å². The summed E-state index contributed by atoms with van der Waals surface area (Å²) in [6.45, 7) is 0. The minimum Gasteiger partial charge on any atom is -0.434 e. The van der Waals surface area contributed by atoms with Crippen LogP contribution < -0.4 is 0 Å². The van der Waals surface area contributed by atoms with Crippen molar-refractivity contribution in [3.63, 3.8) is 0 Å². The van der Waals surface area contributed by atoms with Crippen LogP contribution in [0.15, 0.2) is 475 Å². The number of nitrogens with zero attached hydrogens (tertiary/aromatic N) is 19. The molecular formula is C123H74F3N19OS2. The second-order valence-electron chi connectivity index (χ2n) is 36.1. The number of halogens is 3. The summed E-state index contributed by atoms with van der Waals surface area (Å²) in [6.07, 6.45) is 57.3. The van der Waals surface area contributed by atoms with Crippen LogP contribution in [0.4, 0.5) is 13.2 Å². The predicted octanol–water partition coefficient (Wildman–Crippen LogP) is 28.4. The molecule has 8 aliphatic carbocycles. The SMILES string of the molecule is C1=CC2=CC=C3C=CC=C4C(c5cc(-c6cccnc6)cc(-c6nc7ccccc7s6)c5)=CC(=C1)C2C34.FC(F)(F)c1ccc2nc(-c3nc(-c4cccnc4)nc(-c4ncccn4)n3)oc2c1.N#Cc1ccc2nc(-c3cc(C4=CC5=CC=CC6=CC=C7C=CC=C4C7C65)cc(-c4cccnc4)c3)sc2c1.c1ccc(-n2c(-c3cc(-c4cc5cccnc5c5ncccc45)nc(-c4cccnc4)n3)nc3ccccc32)cc1. The summed E-state index contributed by atoms with van der Waals surface area (Å²) in [6, 6.07) is 80.8. The average Bonchev–Trinajstić information content (AvgIpc) is 1.56. The van der Waals surface area contributed by atoms with Crippen LogP contribution in [0.5, 0.6) is 0 Å². The number of thiazole rings is 2. The zero-order chi connectivity index (χ0) is 98.9. The number of aromatic nitrogens is 18. The number of alkyl halides is 3. The van der Waals surface area contributed by atoms with Gasteiger partial charge >= 0.3 is 6.18 Å². The van der Waals surface area contributed by atoms with Gasteiger partial charge in [0.2, 0.25) is 11.6 Å². The summed E-state index contributed by atoms with van der Waals surface area (Å²) in [5, 5.41) is 13.3. The molecule has 0 saturated heterocycles. The first-order chi connectivity index (χ1) is 72.9. The van der Waals surface area contributed by atoms with E-state index in [1.54, 1.807) is 78.1 Å². The Morgan fingerprint density at radius 3 is 1.47 bits per heavy atom. The lowest BCUT2D eigenvalue weighted by molar-refractivity contribution is -0.137. The van der Waals surface area contributed by atoms with Crippen molar-refractivity contribution in [2.75, 3.05) is 0 Å². The van der Waals surface area contributed by atoms with Gasteiger partial charge in [0.05, 0.1) is 65.4 Å². The number of oxazole rings is 1. The van der Waals surface area contributed by atoms with Crippen molar-refractivity contribution in [3.8, 4) is 124 Å². The highest BCUT2D eigenvalue weighted by Crippen LogP contribution is 2.56. The van der Waals surface area contributed by atoms with Gasteiger partial charge in [-0.05, 0) is 254 Å². The molecule has 4 unspecified atom stereocenters.